The van der Waals surface area contributed by atoms with Gasteiger partial charge in [-0.3, -0.25) is 4.79 Å². The van der Waals surface area contributed by atoms with Crippen LogP contribution in [0.4, 0.5) is 0 Å². The van der Waals surface area contributed by atoms with Gasteiger partial charge >= 0.3 is 0 Å². The average molecular weight is 329 g/mol. The molecular formula is C16H22Cl2N2O. The van der Waals surface area contributed by atoms with Crippen molar-refractivity contribution in [2.45, 2.75) is 13.3 Å². The van der Waals surface area contributed by atoms with Crippen molar-refractivity contribution in [1.82, 2.24) is 10.2 Å². The van der Waals surface area contributed by atoms with Crippen LogP contribution in [0.1, 0.15) is 18.9 Å². The Bertz CT molecular complexity index is 517. The first-order chi connectivity index (χ1) is 9.61. The molecule has 1 unspecified atom stereocenters. The Kier molecular flexibility index (Phi) is 7.23. The summed E-state index contributed by atoms with van der Waals surface area (Å²) in [5, 5.41) is 3.86. The second-order valence-corrected chi connectivity index (χ2v) is 5.71. The molecule has 1 aliphatic rings. The van der Waals surface area contributed by atoms with Gasteiger partial charge in [-0.25, -0.2) is 0 Å². The molecule has 1 aromatic rings. The van der Waals surface area contributed by atoms with E-state index in [0.717, 1.165) is 37.2 Å². The van der Waals surface area contributed by atoms with Crippen LogP contribution in [0.3, 0.4) is 0 Å². The fourth-order valence-corrected chi connectivity index (χ4v) is 2.91. The standard InChI is InChI=1S/C16H21ClN2O.ClH/c1-12(14-5-3-4-6-15(14)17)9-16(20)19-8-7-13(11-19)10-18-2;/h3-6,9,13,18H,7-8,10-11H2,1-2H3;1H. The van der Waals surface area contributed by atoms with Crippen molar-refractivity contribution >= 4 is 35.5 Å². The maximum Gasteiger partial charge on any atom is 0.246 e. The summed E-state index contributed by atoms with van der Waals surface area (Å²) >= 11 is 6.15. The molecule has 1 heterocycles. The van der Waals surface area contributed by atoms with Crippen LogP contribution in [0.5, 0.6) is 0 Å². The minimum absolute atomic E-state index is 0. The maximum absolute atomic E-state index is 12.3. The molecule has 0 bridgehead atoms. The van der Waals surface area contributed by atoms with E-state index >= 15 is 0 Å². The van der Waals surface area contributed by atoms with E-state index in [-0.39, 0.29) is 18.3 Å². The Hall–Kier alpha value is -1.03. The number of benzene rings is 1. The number of likely N-dealkylation sites (tertiary alicyclic amines) is 1. The average Bonchev–Trinajstić information content (AvgIpc) is 2.88. The quantitative estimate of drug-likeness (QED) is 0.860. The number of halogens is 2. The Morgan fingerprint density at radius 1 is 1.48 bits per heavy atom. The van der Waals surface area contributed by atoms with Gasteiger partial charge in [0.1, 0.15) is 0 Å². The normalized spacial score (nSPS) is 18.5. The molecule has 1 atom stereocenters. The van der Waals surface area contributed by atoms with Crippen LogP contribution in [-0.2, 0) is 4.79 Å². The summed E-state index contributed by atoms with van der Waals surface area (Å²) in [5.74, 6) is 0.652. The van der Waals surface area contributed by atoms with Crippen molar-refractivity contribution in [2.75, 3.05) is 26.7 Å². The lowest BCUT2D eigenvalue weighted by Crippen LogP contribution is -2.29. The first-order valence-corrected chi connectivity index (χ1v) is 7.36. The molecule has 116 valence electrons. The molecule has 5 heteroatoms. The van der Waals surface area contributed by atoms with Crippen LogP contribution in [0.25, 0.3) is 5.57 Å². The monoisotopic (exact) mass is 328 g/mol. The fourth-order valence-electron chi connectivity index (χ4n) is 2.62. The molecular weight excluding hydrogens is 307 g/mol. The maximum atomic E-state index is 12.3. The van der Waals surface area contributed by atoms with Gasteiger partial charge < -0.3 is 10.2 Å². The number of rotatable bonds is 4. The van der Waals surface area contributed by atoms with Crippen molar-refractivity contribution in [3.8, 4) is 0 Å². The summed E-state index contributed by atoms with van der Waals surface area (Å²) in [6.45, 7) is 4.58. The lowest BCUT2D eigenvalue weighted by atomic mass is 10.1. The molecule has 1 N–H and O–H groups in total. The largest absolute Gasteiger partial charge is 0.339 e. The SMILES string of the molecule is CNCC1CCN(C(=O)C=C(C)c2ccccc2Cl)C1.Cl. The summed E-state index contributed by atoms with van der Waals surface area (Å²) in [4.78, 5) is 14.2. The zero-order chi connectivity index (χ0) is 14.5. The second kappa shape index (κ2) is 8.42. The highest BCUT2D eigenvalue weighted by atomic mass is 35.5. The summed E-state index contributed by atoms with van der Waals surface area (Å²) in [6, 6.07) is 7.61. The molecule has 0 saturated carbocycles. The number of nitrogens with one attached hydrogen (secondary N) is 1. The molecule has 0 aliphatic carbocycles. The van der Waals surface area contributed by atoms with E-state index in [1.165, 1.54) is 0 Å². The highest BCUT2D eigenvalue weighted by Gasteiger charge is 2.24. The van der Waals surface area contributed by atoms with E-state index in [1.54, 1.807) is 6.08 Å². The van der Waals surface area contributed by atoms with Crippen molar-refractivity contribution in [2.24, 2.45) is 5.92 Å². The molecule has 0 radical (unpaired) electrons. The van der Waals surface area contributed by atoms with Crippen LogP contribution in [0.15, 0.2) is 30.3 Å². The zero-order valence-corrected chi connectivity index (χ0v) is 14.0. The highest BCUT2D eigenvalue weighted by molar-refractivity contribution is 6.32. The third kappa shape index (κ3) is 4.73. The summed E-state index contributed by atoms with van der Waals surface area (Å²) < 4.78 is 0. The van der Waals surface area contributed by atoms with Gasteiger partial charge in [0, 0.05) is 24.2 Å². The third-order valence-electron chi connectivity index (χ3n) is 3.73. The number of carbonyl (C=O) groups is 1. The van der Waals surface area contributed by atoms with Crippen LogP contribution in [0.2, 0.25) is 5.02 Å². The van der Waals surface area contributed by atoms with Gasteiger partial charge in [0.15, 0.2) is 0 Å². The molecule has 1 aliphatic heterocycles. The third-order valence-corrected chi connectivity index (χ3v) is 4.06. The van der Waals surface area contributed by atoms with Gasteiger partial charge in [-0.05, 0) is 50.1 Å². The fraction of sp³-hybridized carbons (Fsp3) is 0.438. The van der Waals surface area contributed by atoms with Crippen LogP contribution < -0.4 is 5.32 Å². The molecule has 1 aromatic carbocycles. The molecule has 1 fully saturated rings. The molecule has 0 aromatic heterocycles. The second-order valence-electron chi connectivity index (χ2n) is 5.30. The molecule has 21 heavy (non-hydrogen) atoms. The van der Waals surface area contributed by atoms with Crippen LogP contribution in [-0.4, -0.2) is 37.5 Å². The summed E-state index contributed by atoms with van der Waals surface area (Å²) in [6.07, 6.45) is 2.77. The van der Waals surface area contributed by atoms with Gasteiger partial charge in [0.05, 0.1) is 0 Å². The number of nitrogens with zero attached hydrogens (tertiary/aromatic N) is 1. The van der Waals surface area contributed by atoms with E-state index in [0.29, 0.717) is 10.9 Å². The van der Waals surface area contributed by atoms with Gasteiger partial charge in [0.25, 0.3) is 0 Å². The van der Waals surface area contributed by atoms with E-state index in [2.05, 4.69) is 5.32 Å². The number of carbonyl (C=O) groups excluding carboxylic acids is 1. The van der Waals surface area contributed by atoms with E-state index < -0.39 is 0 Å². The Morgan fingerprint density at radius 3 is 2.86 bits per heavy atom. The van der Waals surface area contributed by atoms with Gasteiger partial charge in [0.2, 0.25) is 5.91 Å². The number of amides is 1. The molecule has 0 spiro atoms. The molecule has 3 nitrogen and oxygen atoms in total. The number of hydrogen-bond acceptors (Lipinski definition) is 2. The van der Waals surface area contributed by atoms with Crippen LogP contribution >= 0.6 is 24.0 Å². The Morgan fingerprint density at radius 2 is 2.19 bits per heavy atom. The van der Waals surface area contributed by atoms with E-state index in [9.17, 15) is 4.79 Å². The minimum Gasteiger partial charge on any atom is -0.339 e. The Balaban J connectivity index is 0.00000220. The topological polar surface area (TPSA) is 32.3 Å². The first kappa shape index (κ1) is 18.0. The summed E-state index contributed by atoms with van der Waals surface area (Å²) in [7, 11) is 1.95. The lowest BCUT2D eigenvalue weighted by molar-refractivity contribution is -0.125. The van der Waals surface area contributed by atoms with E-state index in [4.69, 9.17) is 11.6 Å². The van der Waals surface area contributed by atoms with Crippen molar-refractivity contribution in [3.63, 3.8) is 0 Å². The first-order valence-electron chi connectivity index (χ1n) is 6.98. The van der Waals surface area contributed by atoms with Gasteiger partial charge in [-0.1, -0.05) is 29.8 Å². The number of hydrogen-bond donors (Lipinski definition) is 1. The Labute approximate surface area is 137 Å². The lowest BCUT2D eigenvalue weighted by Gasteiger charge is -2.15. The molecule has 2 rings (SSSR count). The van der Waals surface area contributed by atoms with Crippen molar-refractivity contribution < 1.29 is 4.79 Å². The molecule has 1 amide bonds. The van der Waals surface area contributed by atoms with Gasteiger partial charge in [-0.2, -0.15) is 0 Å². The summed E-state index contributed by atoms with van der Waals surface area (Å²) in [5.41, 5.74) is 1.84. The zero-order valence-electron chi connectivity index (χ0n) is 12.4. The van der Waals surface area contributed by atoms with Crippen molar-refractivity contribution in [3.05, 3.63) is 40.9 Å². The van der Waals surface area contributed by atoms with Gasteiger partial charge in [-0.15, -0.1) is 12.4 Å². The molecule has 1 saturated heterocycles. The smallest absolute Gasteiger partial charge is 0.246 e. The van der Waals surface area contributed by atoms with E-state index in [1.807, 2.05) is 43.1 Å². The van der Waals surface area contributed by atoms with Crippen LogP contribution in [0, 0.1) is 5.92 Å². The van der Waals surface area contributed by atoms with Crippen molar-refractivity contribution in [1.29, 1.82) is 0 Å². The predicted octanol–water partition coefficient (Wildman–Crippen LogP) is 3.23. The highest BCUT2D eigenvalue weighted by Crippen LogP contribution is 2.24. The number of allylic oxidation sites excluding steroid dienone is 1. The minimum atomic E-state index is 0. The predicted molar refractivity (Wildman–Crippen MR) is 91.0 cm³/mol.